The molecule has 1 heterocycles. The number of rotatable bonds is 6. The van der Waals surface area contributed by atoms with Crippen LogP contribution in [0.2, 0.25) is 0 Å². The highest BCUT2D eigenvalue weighted by Gasteiger charge is 2.21. The molecule has 1 aliphatic heterocycles. The molecule has 4 nitrogen and oxygen atoms in total. The number of carboxylic acid groups (broad SMARTS) is 1. The van der Waals surface area contributed by atoms with Gasteiger partial charge < -0.3 is 10.0 Å². The minimum absolute atomic E-state index is 0.163. The Hall–Kier alpha value is -1.32. The third-order valence-electron chi connectivity index (χ3n) is 3.84. The molecule has 1 saturated heterocycles. The van der Waals surface area contributed by atoms with E-state index in [1.807, 2.05) is 6.92 Å². The van der Waals surface area contributed by atoms with Crippen LogP contribution in [-0.2, 0) is 9.59 Å². The maximum absolute atomic E-state index is 12.0. The van der Waals surface area contributed by atoms with Crippen LogP contribution in [0.15, 0.2) is 11.6 Å². The van der Waals surface area contributed by atoms with Gasteiger partial charge >= 0.3 is 5.97 Å². The van der Waals surface area contributed by atoms with Gasteiger partial charge in [-0.05, 0) is 25.2 Å². The third-order valence-corrected chi connectivity index (χ3v) is 3.84. The zero-order valence-corrected chi connectivity index (χ0v) is 12.0. The summed E-state index contributed by atoms with van der Waals surface area (Å²) in [6, 6.07) is 0. The predicted molar refractivity (Wildman–Crippen MR) is 74.8 cm³/mol. The van der Waals surface area contributed by atoms with Crippen molar-refractivity contribution in [1.29, 1.82) is 0 Å². The van der Waals surface area contributed by atoms with Gasteiger partial charge in [-0.1, -0.05) is 32.8 Å². The lowest BCUT2D eigenvalue weighted by molar-refractivity contribution is -0.133. The Morgan fingerprint density at radius 3 is 2.74 bits per heavy atom. The Morgan fingerprint density at radius 1 is 1.42 bits per heavy atom. The van der Waals surface area contributed by atoms with Gasteiger partial charge in [-0.2, -0.15) is 0 Å². The zero-order valence-electron chi connectivity index (χ0n) is 12.0. The molecule has 0 bridgehead atoms. The summed E-state index contributed by atoms with van der Waals surface area (Å²) >= 11 is 0. The molecule has 1 unspecified atom stereocenters. The van der Waals surface area contributed by atoms with E-state index in [4.69, 9.17) is 5.11 Å². The third kappa shape index (κ3) is 5.05. The van der Waals surface area contributed by atoms with Crippen LogP contribution in [0, 0.1) is 5.92 Å². The second kappa shape index (κ2) is 7.97. The Bertz CT molecular complexity index is 349. The van der Waals surface area contributed by atoms with E-state index in [1.54, 1.807) is 11.0 Å². The lowest BCUT2D eigenvalue weighted by atomic mass is 9.96. The largest absolute Gasteiger partial charge is 0.478 e. The van der Waals surface area contributed by atoms with Gasteiger partial charge in [0, 0.05) is 25.1 Å². The highest BCUT2D eigenvalue weighted by Crippen LogP contribution is 2.22. The number of nitrogens with zero attached hydrogens (tertiary/aromatic N) is 1. The quantitative estimate of drug-likeness (QED) is 0.753. The van der Waals surface area contributed by atoms with E-state index in [0.717, 1.165) is 25.8 Å². The highest BCUT2D eigenvalue weighted by atomic mass is 16.4. The van der Waals surface area contributed by atoms with Crippen LogP contribution in [0.25, 0.3) is 0 Å². The van der Waals surface area contributed by atoms with Gasteiger partial charge in [0.15, 0.2) is 0 Å². The van der Waals surface area contributed by atoms with Gasteiger partial charge in [-0.3, -0.25) is 4.79 Å². The molecule has 1 aliphatic rings. The average Bonchev–Trinajstić information content (AvgIpc) is 2.54. The van der Waals surface area contributed by atoms with Crippen LogP contribution >= 0.6 is 0 Å². The summed E-state index contributed by atoms with van der Waals surface area (Å²) in [5.41, 5.74) is 0.391. The second-order valence-corrected chi connectivity index (χ2v) is 5.21. The minimum atomic E-state index is -0.881. The van der Waals surface area contributed by atoms with E-state index in [2.05, 4.69) is 6.92 Å². The molecule has 4 heteroatoms. The number of aliphatic carboxylic acids is 1. The first-order valence-electron chi connectivity index (χ1n) is 7.28. The van der Waals surface area contributed by atoms with Crippen molar-refractivity contribution in [2.24, 2.45) is 5.92 Å². The number of carboxylic acids is 1. The van der Waals surface area contributed by atoms with E-state index in [1.165, 1.54) is 6.42 Å². The van der Waals surface area contributed by atoms with E-state index in [0.29, 0.717) is 30.9 Å². The van der Waals surface area contributed by atoms with Gasteiger partial charge in [0.2, 0.25) is 5.91 Å². The molecule has 1 amide bonds. The highest BCUT2D eigenvalue weighted by molar-refractivity contribution is 5.86. The molecule has 0 aromatic rings. The first-order valence-corrected chi connectivity index (χ1v) is 7.28. The lowest BCUT2D eigenvalue weighted by Crippen LogP contribution is -2.30. The summed E-state index contributed by atoms with van der Waals surface area (Å²) < 4.78 is 0. The van der Waals surface area contributed by atoms with Crippen LogP contribution in [0.1, 0.15) is 52.4 Å². The second-order valence-electron chi connectivity index (χ2n) is 5.21. The maximum atomic E-state index is 12.0. The van der Waals surface area contributed by atoms with E-state index in [9.17, 15) is 9.59 Å². The fourth-order valence-electron chi connectivity index (χ4n) is 2.59. The van der Waals surface area contributed by atoms with Crippen LogP contribution in [-0.4, -0.2) is 35.0 Å². The Balaban J connectivity index is 2.58. The van der Waals surface area contributed by atoms with Crippen LogP contribution < -0.4 is 0 Å². The van der Waals surface area contributed by atoms with Gasteiger partial charge in [0.25, 0.3) is 0 Å². The van der Waals surface area contributed by atoms with Crippen LogP contribution in [0.4, 0.5) is 0 Å². The standard InChI is InChI=1S/C15H25NO3/c1-3-5-12-6-7-14(17)16(10-8-12)11-9-13(4-2)15(18)19/h9,12H,3-8,10-11H2,1-2H3,(H,18,19). The molecule has 19 heavy (non-hydrogen) atoms. The summed E-state index contributed by atoms with van der Waals surface area (Å²) in [6.07, 6.45) is 7.15. The van der Waals surface area contributed by atoms with Crippen molar-refractivity contribution in [2.75, 3.05) is 13.1 Å². The number of carbonyl (C=O) groups is 2. The summed E-state index contributed by atoms with van der Waals surface area (Å²) in [4.78, 5) is 24.7. The van der Waals surface area contributed by atoms with Gasteiger partial charge in [-0.25, -0.2) is 4.79 Å². The van der Waals surface area contributed by atoms with Crippen LogP contribution in [0.3, 0.4) is 0 Å². The smallest absolute Gasteiger partial charge is 0.331 e. The summed E-state index contributed by atoms with van der Waals surface area (Å²) in [7, 11) is 0. The molecule has 1 fully saturated rings. The summed E-state index contributed by atoms with van der Waals surface area (Å²) in [5, 5.41) is 8.96. The van der Waals surface area contributed by atoms with Crippen molar-refractivity contribution in [3.05, 3.63) is 11.6 Å². The zero-order chi connectivity index (χ0) is 14.3. The van der Waals surface area contributed by atoms with Crippen molar-refractivity contribution in [2.45, 2.75) is 52.4 Å². The number of hydrogen-bond donors (Lipinski definition) is 1. The molecule has 1 rings (SSSR count). The predicted octanol–water partition coefficient (Wildman–Crippen LogP) is 2.84. The number of likely N-dealkylation sites (tertiary alicyclic amines) is 1. The number of carbonyl (C=O) groups excluding carboxylic acids is 1. The monoisotopic (exact) mass is 267 g/mol. The van der Waals surface area contributed by atoms with Crippen molar-refractivity contribution in [3.63, 3.8) is 0 Å². The van der Waals surface area contributed by atoms with Gasteiger partial charge in [0.1, 0.15) is 0 Å². The first kappa shape index (κ1) is 15.7. The molecule has 0 aromatic carbocycles. The van der Waals surface area contributed by atoms with Gasteiger partial charge in [-0.15, -0.1) is 0 Å². The molecular formula is C15H25NO3. The molecule has 1 N–H and O–H groups in total. The fourth-order valence-corrected chi connectivity index (χ4v) is 2.59. The average molecular weight is 267 g/mol. The van der Waals surface area contributed by atoms with Crippen molar-refractivity contribution < 1.29 is 14.7 Å². The Morgan fingerprint density at radius 2 is 2.16 bits per heavy atom. The molecule has 0 saturated carbocycles. The first-order chi connectivity index (χ1) is 9.08. The minimum Gasteiger partial charge on any atom is -0.478 e. The number of amides is 1. The molecule has 1 atom stereocenters. The summed E-state index contributed by atoms with van der Waals surface area (Å²) in [6.45, 7) is 5.19. The lowest BCUT2D eigenvalue weighted by Gasteiger charge is -2.19. The fraction of sp³-hybridized carbons (Fsp3) is 0.733. The van der Waals surface area contributed by atoms with Crippen molar-refractivity contribution in [1.82, 2.24) is 4.90 Å². The Kier molecular flexibility index (Phi) is 6.60. The van der Waals surface area contributed by atoms with E-state index >= 15 is 0 Å². The van der Waals surface area contributed by atoms with E-state index < -0.39 is 5.97 Å². The normalized spacial score (nSPS) is 21.4. The molecule has 108 valence electrons. The summed E-state index contributed by atoms with van der Waals surface area (Å²) in [5.74, 6) is -0.0719. The maximum Gasteiger partial charge on any atom is 0.331 e. The van der Waals surface area contributed by atoms with E-state index in [-0.39, 0.29) is 5.91 Å². The topological polar surface area (TPSA) is 57.6 Å². The Labute approximate surface area is 115 Å². The SMILES string of the molecule is CCCC1CCC(=O)N(CC=C(CC)C(=O)O)CC1. The molecule has 0 aliphatic carbocycles. The van der Waals surface area contributed by atoms with Gasteiger partial charge in [0.05, 0.1) is 0 Å². The van der Waals surface area contributed by atoms with Crippen molar-refractivity contribution >= 4 is 11.9 Å². The van der Waals surface area contributed by atoms with Crippen LogP contribution in [0.5, 0.6) is 0 Å². The molecule has 0 radical (unpaired) electrons. The molecule has 0 spiro atoms. The molecular weight excluding hydrogens is 242 g/mol. The van der Waals surface area contributed by atoms with Crippen molar-refractivity contribution in [3.8, 4) is 0 Å². The molecule has 0 aromatic heterocycles. The number of hydrogen-bond acceptors (Lipinski definition) is 2.